The number of nitrogens with zero attached hydrogens (tertiary/aromatic N) is 3. The Hall–Kier alpha value is -3.92. The van der Waals surface area contributed by atoms with E-state index < -0.39 is 0 Å². The Morgan fingerprint density at radius 1 is 1.07 bits per heavy atom. The molecule has 9 heteroatoms. The molecule has 3 aromatic carbocycles. The second-order valence-electron chi connectivity index (χ2n) is 11.7. The van der Waals surface area contributed by atoms with Crippen molar-refractivity contribution in [2.24, 2.45) is 0 Å². The lowest BCUT2D eigenvalue weighted by Gasteiger charge is -2.32. The van der Waals surface area contributed by atoms with Gasteiger partial charge in [-0.3, -0.25) is 10.2 Å². The summed E-state index contributed by atoms with van der Waals surface area (Å²) in [5.74, 6) is 1.37. The molecule has 0 saturated carbocycles. The van der Waals surface area contributed by atoms with Gasteiger partial charge >= 0.3 is 6.03 Å². The van der Waals surface area contributed by atoms with Gasteiger partial charge in [-0.1, -0.05) is 57.2 Å². The summed E-state index contributed by atoms with van der Waals surface area (Å²) >= 11 is 0. The molecule has 1 aromatic heterocycles. The van der Waals surface area contributed by atoms with Gasteiger partial charge in [0.2, 0.25) is 0 Å². The van der Waals surface area contributed by atoms with E-state index in [-0.39, 0.29) is 17.6 Å². The second-order valence-corrected chi connectivity index (χ2v) is 11.7. The molecule has 1 unspecified atom stereocenters. The molecule has 2 N–H and O–H groups in total. The van der Waals surface area contributed by atoms with Crippen LogP contribution in [0, 0.1) is 6.92 Å². The minimum atomic E-state index is -0.349. The number of fused-ring (bicyclic) bond motifs is 1. The number of carbonyl (C=O) groups excluding carboxylic acids is 1. The molecule has 2 amide bonds. The van der Waals surface area contributed by atoms with Crippen LogP contribution in [0.1, 0.15) is 31.9 Å². The van der Waals surface area contributed by atoms with Crippen molar-refractivity contribution in [1.82, 2.24) is 14.7 Å². The Morgan fingerprint density at radius 3 is 2.67 bits per heavy atom. The van der Waals surface area contributed by atoms with E-state index in [0.717, 1.165) is 47.4 Å². The van der Waals surface area contributed by atoms with Gasteiger partial charge in [0.1, 0.15) is 18.2 Å². The van der Waals surface area contributed by atoms with E-state index in [9.17, 15) is 4.79 Å². The van der Waals surface area contributed by atoms with E-state index in [1.807, 2.05) is 43.3 Å². The van der Waals surface area contributed by atoms with Crippen LogP contribution in [0.15, 0.2) is 66.9 Å². The molecule has 42 heavy (non-hydrogen) atoms. The number of aryl methyl sites for hydroxylation is 1. The molecule has 0 spiro atoms. The van der Waals surface area contributed by atoms with E-state index in [4.69, 9.17) is 14.2 Å². The molecule has 1 aliphatic heterocycles. The summed E-state index contributed by atoms with van der Waals surface area (Å²) in [7, 11) is 1.70. The average Bonchev–Trinajstić information content (AvgIpc) is 3.41. The normalized spacial score (nSPS) is 16.0. The minimum Gasteiger partial charge on any atom is -0.492 e. The molecular weight excluding hydrogens is 530 g/mol. The van der Waals surface area contributed by atoms with Gasteiger partial charge in [0.15, 0.2) is 0 Å². The first-order valence-electron chi connectivity index (χ1n) is 14.4. The molecule has 4 aromatic rings. The summed E-state index contributed by atoms with van der Waals surface area (Å²) in [6.45, 7) is 12.9. The van der Waals surface area contributed by atoms with Crippen molar-refractivity contribution in [1.29, 1.82) is 0 Å². The van der Waals surface area contributed by atoms with Gasteiger partial charge in [-0.15, -0.1) is 0 Å². The molecule has 1 aliphatic rings. The average molecular weight is 572 g/mol. The van der Waals surface area contributed by atoms with Gasteiger partial charge in [0.05, 0.1) is 36.9 Å². The zero-order chi connectivity index (χ0) is 29.7. The van der Waals surface area contributed by atoms with Crippen LogP contribution in [0.2, 0.25) is 0 Å². The number of morpholine rings is 1. The SMILES string of the molecule is COCC1CN(CCOc2ccc(NC(=O)Nc3ccnn3-c3cc(C(C)(C)C)ccc3C)c3ccccc23)CCO1. The highest BCUT2D eigenvalue weighted by molar-refractivity contribution is 6.07. The summed E-state index contributed by atoms with van der Waals surface area (Å²) in [5.41, 5.74) is 3.89. The first-order valence-corrected chi connectivity index (χ1v) is 14.4. The fourth-order valence-electron chi connectivity index (χ4n) is 5.23. The van der Waals surface area contributed by atoms with Crippen molar-refractivity contribution in [3.63, 3.8) is 0 Å². The van der Waals surface area contributed by atoms with Gasteiger partial charge in [-0.05, 0) is 41.7 Å². The fourth-order valence-corrected chi connectivity index (χ4v) is 5.23. The molecule has 0 radical (unpaired) electrons. The second kappa shape index (κ2) is 12.9. The third kappa shape index (κ3) is 6.92. The molecule has 5 rings (SSSR count). The number of carbonyl (C=O) groups is 1. The standard InChI is InChI=1S/C33H41N5O4/c1-23-10-11-24(33(2,3)4)20-29(23)38-31(14-15-34-38)36-32(39)35-28-12-13-30(27-9-7-6-8-26(27)28)42-19-17-37-16-18-41-25(21-37)22-40-5/h6-15,20,25H,16-19,21-22H2,1-5H3,(H2,35,36,39). The van der Waals surface area contributed by atoms with E-state index in [0.29, 0.717) is 31.3 Å². The molecule has 0 aliphatic carbocycles. The van der Waals surface area contributed by atoms with Crippen molar-refractivity contribution in [3.8, 4) is 11.4 Å². The number of rotatable bonds is 9. The number of urea groups is 1. The third-order valence-electron chi connectivity index (χ3n) is 7.56. The summed E-state index contributed by atoms with van der Waals surface area (Å²) in [4.78, 5) is 15.5. The zero-order valence-corrected chi connectivity index (χ0v) is 25.1. The summed E-state index contributed by atoms with van der Waals surface area (Å²) < 4.78 is 19.0. The molecule has 0 bridgehead atoms. The number of hydrogen-bond donors (Lipinski definition) is 2. The molecule has 2 heterocycles. The van der Waals surface area contributed by atoms with Crippen LogP contribution in [-0.2, 0) is 14.9 Å². The molecule has 1 fully saturated rings. The van der Waals surface area contributed by atoms with Crippen LogP contribution in [0.25, 0.3) is 16.5 Å². The van der Waals surface area contributed by atoms with Crippen LogP contribution in [0.3, 0.4) is 0 Å². The maximum absolute atomic E-state index is 13.2. The van der Waals surface area contributed by atoms with Crippen molar-refractivity contribution in [2.75, 3.05) is 57.2 Å². The van der Waals surface area contributed by atoms with Gasteiger partial charge in [-0.25, -0.2) is 9.48 Å². The largest absolute Gasteiger partial charge is 0.492 e. The number of methoxy groups -OCH3 is 1. The Morgan fingerprint density at radius 2 is 1.88 bits per heavy atom. The van der Waals surface area contributed by atoms with Crippen LogP contribution < -0.4 is 15.4 Å². The molecule has 1 atom stereocenters. The maximum Gasteiger partial charge on any atom is 0.324 e. The van der Waals surface area contributed by atoms with Gasteiger partial charge in [0.25, 0.3) is 0 Å². The number of benzene rings is 3. The smallest absolute Gasteiger partial charge is 0.324 e. The van der Waals surface area contributed by atoms with Gasteiger partial charge in [-0.2, -0.15) is 5.10 Å². The maximum atomic E-state index is 13.2. The summed E-state index contributed by atoms with van der Waals surface area (Å²) in [6, 6.07) is 19.5. The molecular formula is C33H41N5O4. The monoisotopic (exact) mass is 571 g/mol. The predicted octanol–water partition coefficient (Wildman–Crippen LogP) is 6.00. The highest BCUT2D eigenvalue weighted by Crippen LogP contribution is 2.32. The van der Waals surface area contributed by atoms with Crippen molar-refractivity contribution >= 4 is 28.3 Å². The van der Waals surface area contributed by atoms with Crippen molar-refractivity contribution in [2.45, 2.75) is 39.2 Å². The van der Waals surface area contributed by atoms with Crippen LogP contribution in [-0.4, -0.2) is 73.4 Å². The van der Waals surface area contributed by atoms with Gasteiger partial charge in [0, 0.05) is 43.6 Å². The fraction of sp³-hybridized carbons (Fsp3) is 0.394. The highest BCUT2D eigenvalue weighted by Gasteiger charge is 2.21. The number of ether oxygens (including phenoxy) is 3. The van der Waals surface area contributed by atoms with E-state index in [2.05, 4.69) is 59.6 Å². The van der Waals surface area contributed by atoms with Crippen molar-refractivity contribution in [3.05, 3.63) is 78.0 Å². The van der Waals surface area contributed by atoms with Crippen LogP contribution in [0.4, 0.5) is 16.3 Å². The van der Waals surface area contributed by atoms with E-state index >= 15 is 0 Å². The van der Waals surface area contributed by atoms with Crippen LogP contribution >= 0.6 is 0 Å². The highest BCUT2D eigenvalue weighted by atomic mass is 16.5. The van der Waals surface area contributed by atoms with E-state index in [1.54, 1.807) is 24.1 Å². The number of aromatic nitrogens is 2. The predicted molar refractivity (Wildman–Crippen MR) is 167 cm³/mol. The minimum absolute atomic E-state index is 0.00680. The van der Waals surface area contributed by atoms with E-state index in [1.165, 1.54) is 5.56 Å². The number of hydrogen-bond acceptors (Lipinski definition) is 6. The Labute approximate surface area is 247 Å². The molecule has 9 nitrogen and oxygen atoms in total. The summed E-state index contributed by atoms with van der Waals surface area (Å²) in [5, 5.41) is 12.4. The number of anilines is 2. The number of amides is 2. The van der Waals surface area contributed by atoms with Crippen molar-refractivity contribution < 1.29 is 19.0 Å². The molecule has 1 saturated heterocycles. The molecule has 222 valence electrons. The topological polar surface area (TPSA) is 89.9 Å². The first kappa shape index (κ1) is 29.6. The lowest BCUT2D eigenvalue weighted by molar-refractivity contribution is -0.0627. The Kier molecular flexibility index (Phi) is 9.11. The third-order valence-corrected chi connectivity index (χ3v) is 7.56. The Bertz CT molecular complexity index is 1520. The van der Waals surface area contributed by atoms with Crippen LogP contribution in [0.5, 0.6) is 5.75 Å². The van der Waals surface area contributed by atoms with Gasteiger partial charge < -0.3 is 19.5 Å². The Balaban J connectivity index is 1.27. The lowest BCUT2D eigenvalue weighted by Crippen LogP contribution is -2.45. The number of nitrogens with one attached hydrogen (secondary N) is 2. The summed E-state index contributed by atoms with van der Waals surface area (Å²) in [6.07, 6.45) is 1.78. The lowest BCUT2D eigenvalue weighted by atomic mass is 9.86. The quantitative estimate of drug-likeness (QED) is 0.256. The zero-order valence-electron chi connectivity index (χ0n) is 25.1. The first-order chi connectivity index (χ1) is 20.2.